The van der Waals surface area contributed by atoms with E-state index in [1.54, 1.807) is 24.3 Å². The van der Waals surface area contributed by atoms with Crippen LogP contribution in [0.25, 0.3) is 11.0 Å². The Bertz CT molecular complexity index is 1220. The zero-order valence-corrected chi connectivity index (χ0v) is 19.8. The Morgan fingerprint density at radius 1 is 0.970 bits per heavy atom. The number of hydrogen-bond donors (Lipinski definition) is 1. The summed E-state index contributed by atoms with van der Waals surface area (Å²) in [4.78, 5) is 17.5. The molecule has 0 radical (unpaired) electrons. The van der Waals surface area contributed by atoms with Gasteiger partial charge in [0.1, 0.15) is 11.6 Å². The van der Waals surface area contributed by atoms with Gasteiger partial charge in [-0.05, 0) is 80.4 Å². The number of imidazole rings is 1. The van der Waals surface area contributed by atoms with E-state index < -0.39 is 0 Å². The largest absolute Gasteiger partial charge is 0.494 e. The average molecular weight is 482 g/mol. The van der Waals surface area contributed by atoms with E-state index in [9.17, 15) is 4.79 Å². The van der Waals surface area contributed by atoms with Crippen molar-refractivity contribution < 1.29 is 9.53 Å². The number of aromatic nitrogens is 2. The topological polar surface area (TPSA) is 56.2 Å². The van der Waals surface area contributed by atoms with Crippen molar-refractivity contribution in [3.8, 4) is 5.75 Å². The molecular formula is C26H25Cl2N3O2. The van der Waals surface area contributed by atoms with Gasteiger partial charge in [0.2, 0.25) is 0 Å². The van der Waals surface area contributed by atoms with Crippen molar-refractivity contribution in [2.24, 2.45) is 0 Å². The maximum Gasteiger partial charge on any atom is 0.251 e. The lowest BCUT2D eigenvalue weighted by atomic mass is 10.2. The number of halogens is 2. The van der Waals surface area contributed by atoms with E-state index in [-0.39, 0.29) is 11.9 Å². The molecule has 4 aromatic rings. The van der Waals surface area contributed by atoms with Crippen LogP contribution in [0.15, 0.2) is 72.8 Å². The summed E-state index contributed by atoms with van der Waals surface area (Å²) in [6.45, 7) is 3.35. The van der Waals surface area contributed by atoms with Crippen molar-refractivity contribution in [1.29, 1.82) is 0 Å². The quantitative estimate of drug-likeness (QED) is 0.270. The molecule has 1 aromatic heterocycles. The predicted octanol–water partition coefficient (Wildman–Crippen LogP) is 6.69. The lowest BCUT2D eigenvalue weighted by molar-refractivity contribution is 0.0937. The maximum atomic E-state index is 12.7. The summed E-state index contributed by atoms with van der Waals surface area (Å²) in [6, 6.07) is 22.0. The third-order valence-corrected chi connectivity index (χ3v) is 5.89. The molecule has 33 heavy (non-hydrogen) atoms. The Morgan fingerprint density at radius 2 is 1.64 bits per heavy atom. The Labute approximate surface area is 203 Å². The molecule has 5 nitrogen and oxygen atoms in total. The molecule has 0 saturated carbocycles. The Morgan fingerprint density at radius 3 is 2.36 bits per heavy atom. The number of hydrogen-bond acceptors (Lipinski definition) is 3. The molecule has 1 N–H and O–H groups in total. The van der Waals surface area contributed by atoms with Crippen LogP contribution in [0.5, 0.6) is 5.75 Å². The van der Waals surface area contributed by atoms with Gasteiger partial charge in [-0.25, -0.2) is 4.98 Å². The first-order valence-electron chi connectivity index (χ1n) is 10.9. The number of para-hydroxylation sites is 2. The average Bonchev–Trinajstić information content (AvgIpc) is 3.19. The number of fused-ring (bicyclic) bond motifs is 1. The molecule has 1 atom stereocenters. The van der Waals surface area contributed by atoms with Gasteiger partial charge in [0.15, 0.2) is 0 Å². The normalized spacial score (nSPS) is 12.0. The highest BCUT2D eigenvalue weighted by molar-refractivity contribution is 6.30. The van der Waals surface area contributed by atoms with Crippen molar-refractivity contribution in [3.63, 3.8) is 0 Å². The van der Waals surface area contributed by atoms with Crippen molar-refractivity contribution >= 4 is 40.1 Å². The second-order valence-corrected chi connectivity index (χ2v) is 8.69. The lowest BCUT2D eigenvalue weighted by Gasteiger charge is -2.16. The van der Waals surface area contributed by atoms with Crippen LogP contribution in [0.3, 0.4) is 0 Å². The number of amides is 1. The van der Waals surface area contributed by atoms with E-state index in [1.165, 1.54) is 0 Å². The van der Waals surface area contributed by atoms with Crippen LogP contribution >= 0.6 is 23.2 Å². The number of carbonyl (C=O) groups is 1. The maximum absolute atomic E-state index is 12.7. The molecule has 3 aromatic carbocycles. The number of rotatable bonds is 9. The van der Waals surface area contributed by atoms with Crippen LogP contribution in [0.1, 0.15) is 42.0 Å². The number of carbonyl (C=O) groups excluding carboxylic acids is 1. The SMILES string of the molecule is CC(NC(=O)c1ccc(Cl)cc1)c1nc2ccccc2n1CCCCOc1ccc(Cl)cc1. The lowest BCUT2D eigenvalue weighted by Crippen LogP contribution is -2.28. The van der Waals surface area contributed by atoms with Gasteiger partial charge in [-0.15, -0.1) is 0 Å². The fourth-order valence-electron chi connectivity index (χ4n) is 3.70. The third kappa shape index (κ3) is 5.86. The summed E-state index contributed by atoms with van der Waals surface area (Å²) >= 11 is 11.9. The van der Waals surface area contributed by atoms with Crippen LogP contribution in [0, 0.1) is 0 Å². The smallest absolute Gasteiger partial charge is 0.251 e. The first-order valence-corrected chi connectivity index (χ1v) is 11.7. The number of aryl methyl sites for hydroxylation is 1. The van der Waals surface area contributed by atoms with Crippen LogP contribution < -0.4 is 10.1 Å². The van der Waals surface area contributed by atoms with Crippen LogP contribution in [0.2, 0.25) is 10.0 Å². The highest BCUT2D eigenvalue weighted by Crippen LogP contribution is 2.22. The molecule has 0 aliphatic rings. The number of benzene rings is 3. The summed E-state index contributed by atoms with van der Waals surface area (Å²) in [5.74, 6) is 1.48. The van der Waals surface area contributed by atoms with Gasteiger partial charge in [-0.3, -0.25) is 4.79 Å². The van der Waals surface area contributed by atoms with E-state index in [2.05, 4.69) is 16.0 Å². The predicted molar refractivity (Wildman–Crippen MR) is 133 cm³/mol. The number of ether oxygens (including phenoxy) is 1. The summed E-state index contributed by atoms with van der Waals surface area (Å²) < 4.78 is 7.99. The Kier molecular flexibility index (Phi) is 7.53. The third-order valence-electron chi connectivity index (χ3n) is 5.38. The van der Waals surface area contributed by atoms with Gasteiger partial charge in [0.25, 0.3) is 5.91 Å². The van der Waals surface area contributed by atoms with Crippen molar-refractivity contribution in [2.75, 3.05) is 6.61 Å². The monoisotopic (exact) mass is 481 g/mol. The fraction of sp³-hybridized carbons (Fsp3) is 0.231. The zero-order valence-electron chi connectivity index (χ0n) is 18.3. The van der Waals surface area contributed by atoms with Gasteiger partial charge in [0.05, 0.1) is 23.7 Å². The number of unbranched alkanes of at least 4 members (excludes halogenated alkanes) is 1. The minimum Gasteiger partial charge on any atom is -0.494 e. The summed E-state index contributed by atoms with van der Waals surface area (Å²) in [5.41, 5.74) is 2.53. The van der Waals surface area contributed by atoms with E-state index in [4.69, 9.17) is 32.9 Å². The molecule has 7 heteroatoms. The molecule has 0 saturated heterocycles. The van der Waals surface area contributed by atoms with Crippen LogP contribution in [0.4, 0.5) is 0 Å². The second kappa shape index (κ2) is 10.7. The molecule has 1 heterocycles. The highest BCUT2D eigenvalue weighted by Gasteiger charge is 2.19. The molecule has 1 amide bonds. The standard InChI is InChI=1S/C26H25Cl2N3O2/c1-18(29-26(32)19-8-10-20(27)11-9-19)25-30-23-6-2-3-7-24(23)31(25)16-4-5-17-33-22-14-12-21(28)13-15-22/h2-3,6-15,18H,4-5,16-17H2,1H3,(H,29,32). The first-order chi connectivity index (χ1) is 16.0. The van der Waals surface area contributed by atoms with E-state index >= 15 is 0 Å². The summed E-state index contributed by atoms with van der Waals surface area (Å²) in [6.07, 6.45) is 1.80. The van der Waals surface area contributed by atoms with Gasteiger partial charge in [0, 0.05) is 22.2 Å². The molecule has 0 bridgehead atoms. The van der Waals surface area contributed by atoms with Gasteiger partial charge < -0.3 is 14.6 Å². The number of nitrogens with zero attached hydrogens (tertiary/aromatic N) is 2. The molecule has 4 rings (SSSR count). The van der Waals surface area contributed by atoms with Gasteiger partial charge in [-0.2, -0.15) is 0 Å². The minimum atomic E-state index is -0.258. The molecule has 0 fully saturated rings. The number of nitrogens with one attached hydrogen (secondary N) is 1. The molecule has 0 aliphatic heterocycles. The second-order valence-electron chi connectivity index (χ2n) is 7.82. The highest BCUT2D eigenvalue weighted by atomic mass is 35.5. The Hall–Kier alpha value is -3.02. The van der Waals surface area contributed by atoms with E-state index in [0.29, 0.717) is 22.2 Å². The summed E-state index contributed by atoms with van der Waals surface area (Å²) in [7, 11) is 0. The fourth-order valence-corrected chi connectivity index (χ4v) is 3.95. The molecule has 0 spiro atoms. The summed E-state index contributed by atoms with van der Waals surface area (Å²) in [5, 5.41) is 4.35. The van der Waals surface area contributed by atoms with Crippen molar-refractivity contribution in [1.82, 2.24) is 14.9 Å². The van der Waals surface area contributed by atoms with Crippen LogP contribution in [-0.4, -0.2) is 22.1 Å². The molecule has 170 valence electrons. The van der Waals surface area contributed by atoms with Gasteiger partial charge >= 0.3 is 0 Å². The minimum absolute atomic E-state index is 0.158. The molecule has 0 aliphatic carbocycles. The molecule has 1 unspecified atom stereocenters. The zero-order chi connectivity index (χ0) is 23.2. The van der Waals surface area contributed by atoms with Crippen molar-refractivity contribution in [3.05, 3.63) is 94.2 Å². The van der Waals surface area contributed by atoms with Crippen molar-refractivity contribution in [2.45, 2.75) is 32.4 Å². The first kappa shape index (κ1) is 23.1. The van der Waals surface area contributed by atoms with E-state index in [0.717, 1.165) is 42.0 Å². The van der Waals surface area contributed by atoms with E-state index in [1.807, 2.05) is 49.4 Å². The van der Waals surface area contributed by atoms with Gasteiger partial charge in [-0.1, -0.05) is 35.3 Å². The van der Waals surface area contributed by atoms with Crippen LogP contribution in [-0.2, 0) is 6.54 Å². The molecular weight excluding hydrogens is 457 g/mol. The Balaban J connectivity index is 1.41.